The van der Waals surface area contributed by atoms with E-state index in [1.165, 1.54) is 0 Å². The van der Waals surface area contributed by atoms with Gasteiger partial charge in [0.2, 0.25) is 0 Å². The summed E-state index contributed by atoms with van der Waals surface area (Å²) in [4.78, 5) is 17.2. The van der Waals surface area contributed by atoms with Crippen molar-refractivity contribution in [2.24, 2.45) is 0 Å². The van der Waals surface area contributed by atoms with Gasteiger partial charge in [0.15, 0.2) is 0 Å². The molecular formula is C25H27N5O. The lowest BCUT2D eigenvalue weighted by Crippen LogP contribution is -2.19. The number of carbonyl (C=O) groups is 1. The number of para-hydroxylation sites is 1. The average Bonchev–Trinajstić information content (AvgIpc) is 3.26. The number of amides is 1. The van der Waals surface area contributed by atoms with Gasteiger partial charge in [-0.1, -0.05) is 31.5 Å². The van der Waals surface area contributed by atoms with Gasteiger partial charge in [0, 0.05) is 42.6 Å². The summed E-state index contributed by atoms with van der Waals surface area (Å²) in [7, 11) is 1.63. The van der Waals surface area contributed by atoms with Crippen molar-refractivity contribution in [2.45, 2.75) is 33.2 Å². The van der Waals surface area contributed by atoms with Crippen molar-refractivity contribution in [3.05, 3.63) is 72.1 Å². The number of nitrogens with one attached hydrogen (secondary N) is 2. The van der Waals surface area contributed by atoms with Crippen molar-refractivity contribution in [1.29, 1.82) is 0 Å². The Kier molecular flexibility index (Phi) is 5.98. The van der Waals surface area contributed by atoms with Crippen LogP contribution in [0.4, 0.5) is 11.4 Å². The molecule has 0 saturated heterocycles. The van der Waals surface area contributed by atoms with Crippen molar-refractivity contribution >= 4 is 28.2 Å². The van der Waals surface area contributed by atoms with E-state index in [1.807, 2.05) is 47.3 Å². The Morgan fingerprint density at radius 3 is 2.68 bits per heavy atom. The second-order valence-electron chi connectivity index (χ2n) is 7.62. The minimum absolute atomic E-state index is 0.182. The third-order valence-electron chi connectivity index (χ3n) is 5.39. The maximum atomic E-state index is 12.6. The highest BCUT2D eigenvalue weighted by atomic mass is 16.1. The molecule has 0 bridgehead atoms. The second kappa shape index (κ2) is 9.00. The molecule has 2 N–H and O–H groups in total. The molecule has 0 aliphatic rings. The van der Waals surface area contributed by atoms with Gasteiger partial charge in [-0.25, -0.2) is 0 Å². The predicted octanol–water partition coefficient (Wildman–Crippen LogP) is 5.31. The van der Waals surface area contributed by atoms with E-state index in [1.54, 1.807) is 13.2 Å². The van der Waals surface area contributed by atoms with Gasteiger partial charge < -0.3 is 10.6 Å². The summed E-state index contributed by atoms with van der Waals surface area (Å²) in [5.74, 6) is -0.182. The summed E-state index contributed by atoms with van der Waals surface area (Å²) in [6, 6.07) is 16.0. The summed E-state index contributed by atoms with van der Waals surface area (Å²) in [6.45, 7) is 5.15. The molecule has 1 amide bonds. The third-order valence-corrected chi connectivity index (χ3v) is 5.39. The van der Waals surface area contributed by atoms with Crippen LogP contribution in [0.1, 0.15) is 35.7 Å². The summed E-state index contributed by atoms with van der Waals surface area (Å²) in [6.07, 6.45) is 5.89. The molecule has 0 atom stereocenters. The molecule has 6 heteroatoms. The molecule has 2 aromatic heterocycles. The van der Waals surface area contributed by atoms with Crippen molar-refractivity contribution in [2.75, 3.05) is 12.4 Å². The molecule has 158 valence electrons. The first kappa shape index (κ1) is 20.6. The third kappa shape index (κ3) is 4.28. The van der Waals surface area contributed by atoms with Crippen LogP contribution in [0.2, 0.25) is 0 Å². The number of aromatic nitrogens is 3. The first-order valence-electron chi connectivity index (χ1n) is 10.6. The van der Waals surface area contributed by atoms with Crippen molar-refractivity contribution in [3.8, 4) is 11.3 Å². The van der Waals surface area contributed by atoms with E-state index < -0.39 is 0 Å². The molecule has 4 rings (SSSR count). The van der Waals surface area contributed by atoms with Crippen molar-refractivity contribution in [1.82, 2.24) is 20.1 Å². The van der Waals surface area contributed by atoms with Gasteiger partial charge in [0.25, 0.3) is 5.91 Å². The summed E-state index contributed by atoms with van der Waals surface area (Å²) in [5, 5.41) is 11.8. The van der Waals surface area contributed by atoms with E-state index in [4.69, 9.17) is 5.10 Å². The maximum absolute atomic E-state index is 12.6. The molecule has 2 aromatic carbocycles. The molecule has 0 aliphatic heterocycles. The van der Waals surface area contributed by atoms with Crippen molar-refractivity contribution in [3.63, 3.8) is 0 Å². The molecule has 0 radical (unpaired) electrons. The first-order chi connectivity index (χ1) is 15.1. The Labute approximate surface area is 182 Å². The van der Waals surface area contributed by atoms with Crippen LogP contribution < -0.4 is 10.6 Å². The van der Waals surface area contributed by atoms with Crippen LogP contribution in [-0.4, -0.2) is 27.7 Å². The Morgan fingerprint density at radius 2 is 1.94 bits per heavy atom. The lowest BCUT2D eigenvalue weighted by Gasteiger charge is -2.16. The Bertz CT molecular complexity index is 1210. The molecule has 4 aromatic rings. The van der Waals surface area contributed by atoms with Crippen LogP contribution in [0.5, 0.6) is 0 Å². The molecule has 0 aliphatic carbocycles. The quantitative estimate of drug-likeness (QED) is 0.431. The number of pyridine rings is 1. The fraction of sp³-hybridized carbons (Fsp3) is 0.240. The fourth-order valence-corrected chi connectivity index (χ4v) is 3.68. The van der Waals surface area contributed by atoms with Gasteiger partial charge >= 0.3 is 0 Å². The van der Waals surface area contributed by atoms with E-state index in [2.05, 4.69) is 41.6 Å². The second-order valence-corrected chi connectivity index (χ2v) is 7.62. The monoisotopic (exact) mass is 413 g/mol. The highest BCUT2D eigenvalue weighted by molar-refractivity contribution is 6.08. The van der Waals surface area contributed by atoms with Crippen molar-refractivity contribution < 1.29 is 4.79 Å². The summed E-state index contributed by atoms with van der Waals surface area (Å²) >= 11 is 0. The number of rotatable bonds is 7. The predicted molar refractivity (Wildman–Crippen MR) is 126 cm³/mol. The largest absolute Gasteiger partial charge is 0.355 e. The molecular weight excluding hydrogens is 386 g/mol. The van der Waals surface area contributed by atoms with Crippen LogP contribution >= 0.6 is 0 Å². The lowest BCUT2D eigenvalue weighted by atomic mass is 9.99. The molecule has 2 heterocycles. The number of fused-ring (bicyclic) bond motifs is 1. The van der Waals surface area contributed by atoms with Gasteiger partial charge in [0.05, 0.1) is 22.5 Å². The standard InChI is InChI=1S/C25H27N5O/c1-4-5-12-30-13-11-22(29-30)19-15-20-23(14-17(19)2)27-16-21(25(31)26-3)24(20)28-18-9-7-6-8-10-18/h6-11,13-16H,4-5,12H2,1-3H3,(H,26,31)(H,27,28). The molecule has 0 unspecified atom stereocenters. The number of unbranched alkanes of at least 4 members (excludes halogenated alkanes) is 1. The smallest absolute Gasteiger partial charge is 0.254 e. The topological polar surface area (TPSA) is 71.8 Å². The van der Waals surface area contributed by atoms with Crippen LogP contribution in [0, 0.1) is 6.92 Å². The Balaban J connectivity index is 1.86. The molecule has 0 spiro atoms. The van der Waals surface area contributed by atoms with E-state index >= 15 is 0 Å². The summed E-state index contributed by atoms with van der Waals surface area (Å²) < 4.78 is 1.99. The number of nitrogens with zero attached hydrogens (tertiary/aromatic N) is 3. The maximum Gasteiger partial charge on any atom is 0.254 e. The molecule has 0 saturated carbocycles. The van der Waals surface area contributed by atoms with Gasteiger partial charge in [-0.15, -0.1) is 0 Å². The van der Waals surface area contributed by atoms with E-state index in [9.17, 15) is 4.79 Å². The Morgan fingerprint density at radius 1 is 1.13 bits per heavy atom. The SMILES string of the molecule is CCCCn1ccc(-c2cc3c(Nc4ccccc4)c(C(=O)NC)cnc3cc2C)n1. The minimum Gasteiger partial charge on any atom is -0.355 e. The van der Waals surface area contributed by atoms with Crippen LogP contribution in [0.3, 0.4) is 0 Å². The van der Waals surface area contributed by atoms with Gasteiger partial charge in [-0.3, -0.25) is 14.5 Å². The Hall–Kier alpha value is -3.67. The lowest BCUT2D eigenvalue weighted by molar-refractivity contribution is 0.0963. The van der Waals surface area contributed by atoms with Gasteiger partial charge in [-0.2, -0.15) is 5.10 Å². The highest BCUT2D eigenvalue weighted by Crippen LogP contribution is 2.34. The number of carbonyl (C=O) groups excluding carboxylic acids is 1. The number of aryl methyl sites for hydroxylation is 2. The van der Waals surface area contributed by atoms with E-state index in [-0.39, 0.29) is 5.91 Å². The molecule has 0 fully saturated rings. The minimum atomic E-state index is -0.182. The van der Waals surface area contributed by atoms with Crippen LogP contribution in [0.15, 0.2) is 60.9 Å². The van der Waals surface area contributed by atoms with Gasteiger partial charge in [-0.05, 0) is 49.2 Å². The summed E-state index contributed by atoms with van der Waals surface area (Å²) in [5.41, 5.74) is 6.04. The zero-order chi connectivity index (χ0) is 21.8. The van der Waals surface area contributed by atoms with Crippen LogP contribution in [-0.2, 0) is 6.54 Å². The highest BCUT2D eigenvalue weighted by Gasteiger charge is 2.17. The average molecular weight is 414 g/mol. The number of hydrogen-bond acceptors (Lipinski definition) is 4. The molecule has 31 heavy (non-hydrogen) atoms. The number of anilines is 2. The number of benzene rings is 2. The normalized spacial score (nSPS) is 10.9. The van der Waals surface area contributed by atoms with Crippen LogP contribution in [0.25, 0.3) is 22.2 Å². The van der Waals surface area contributed by atoms with E-state index in [0.29, 0.717) is 5.56 Å². The first-order valence-corrected chi connectivity index (χ1v) is 10.6. The zero-order valence-electron chi connectivity index (χ0n) is 18.1. The fourth-order valence-electron chi connectivity index (χ4n) is 3.68. The van der Waals surface area contributed by atoms with Gasteiger partial charge in [0.1, 0.15) is 0 Å². The molecule has 6 nitrogen and oxygen atoms in total. The number of hydrogen-bond donors (Lipinski definition) is 2. The zero-order valence-corrected chi connectivity index (χ0v) is 18.1. The van der Waals surface area contributed by atoms with E-state index in [0.717, 1.165) is 58.5 Å².